The maximum atomic E-state index is 11.6. The van der Waals surface area contributed by atoms with E-state index in [4.69, 9.17) is 10.5 Å². The molecular formula is C25H34N8O2. The van der Waals surface area contributed by atoms with E-state index in [1.807, 2.05) is 9.58 Å². The predicted molar refractivity (Wildman–Crippen MR) is 135 cm³/mol. The number of nitrogens with one attached hydrogen (secondary N) is 1. The number of amides is 1. The van der Waals surface area contributed by atoms with Crippen molar-refractivity contribution in [3.63, 3.8) is 0 Å². The van der Waals surface area contributed by atoms with E-state index in [-0.39, 0.29) is 11.9 Å². The zero-order valence-corrected chi connectivity index (χ0v) is 20.5. The van der Waals surface area contributed by atoms with E-state index in [1.54, 1.807) is 20.2 Å². The summed E-state index contributed by atoms with van der Waals surface area (Å²) in [6.45, 7) is 7.20. The molecule has 1 aliphatic carbocycles. The maximum absolute atomic E-state index is 11.6. The molecule has 1 saturated carbocycles. The summed E-state index contributed by atoms with van der Waals surface area (Å²) in [7, 11) is 1.70. The molecule has 2 aromatic heterocycles. The fourth-order valence-corrected chi connectivity index (χ4v) is 4.86. The topological polar surface area (TPSA) is 114 Å². The summed E-state index contributed by atoms with van der Waals surface area (Å²) in [4.78, 5) is 24.7. The van der Waals surface area contributed by atoms with Crippen LogP contribution in [0, 0.1) is 5.92 Å². The zero-order chi connectivity index (χ0) is 24.4. The Kier molecular flexibility index (Phi) is 6.72. The molecule has 35 heavy (non-hydrogen) atoms. The van der Waals surface area contributed by atoms with Crippen molar-refractivity contribution in [1.29, 1.82) is 0 Å². The van der Waals surface area contributed by atoms with Crippen LogP contribution in [0.25, 0.3) is 11.0 Å². The Labute approximate surface area is 205 Å². The summed E-state index contributed by atoms with van der Waals surface area (Å²) in [5.41, 5.74) is 9.76. The molecule has 1 aromatic carbocycles. The summed E-state index contributed by atoms with van der Waals surface area (Å²) in [6, 6.07) is 6.35. The van der Waals surface area contributed by atoms with Crippen molar-refractivity contribution < 1.29 is 9.53 Å². The van der Waals surface area contributed by atoms with Crippen LogP contribution in [0.2, 0.25) is 0 Å². The average Bonchev–Trinajstić information content (AvgIpc) is 3.21. The van der Waals surface area contributed by atoms with Crippen LogP contribution in [-0.4, -0.2) is 75.3 Å². The number of nitrogen functional groups attached to an aromatic ring is 1. The Hall–Kier alpha value is -3.40. The van der Waals surface area contributed by atoms with E-state index in [2.05, 4.69) is 43.5 Å². The molecule has 1 saturated heterocycles. The molecule has 2 aliphatic rings. The minimum absolute atomic E-state index is 0.149. The van der Waals surface area contributed by atoms with Crippen LogP contribution in [0.1, 0.15) is 37.3 Å². The SMILES string of the molecule is COc1cc(CN2CCN(C(C)=O)CC2)ccc1Cn1ncc2nc(N)nc(NCC3CCC3)c21. The van der Waals surface area contributed by atoms with Gasteiger partial charge in [-0.1, -0.05) is 18.6 Å². The number of hydrogen-bond donors (Lipinski definition) is 2. The highest BCUT2D eigenvalue weighted by Crippen LogP contribution is 2.29. The van der Waals surface area contributed by atoms with E-state index >= 15 is 0 Å². The van der Waals surface area contributed by atoms with Crippen LogP contribution in [0.15, 0.2) is 24.4 Å². The van der Waals surface area contributed by atoms with Crippen molar-refractivity contribution in [1.82, 2.24) is 29.5 Å². The van der Waals surface area contributed by atoms with Gasteiger partial charge in [-0.15, -0.1) is 0 Å². The number of anilines is 2. The lowest BCUT2D eigenvalue weighted by molar-refractivity contribution is -0.130. The van der Waals surface area contributed by atoms with Crippen LogP contribution in [-0.2, 0) is 17.9 Å². The van der Waals surface area contributed by atoms with Gasteiger partial charge >= 0.3 is 0 Å². The first-order valence-corrected chi connectivity index (χ1v) is 12.4. The largest absolute Gasteiger partial charge is 0.496 e. The number of nitrogens with two attached hydrogens (primary N) is 1. The minimum Gasteiger partial charge on any atom is -0.496 e. The molecule has 0 atom stereocenters. The molecule has 0 radical (unpaired) electrons. The second kappa shape index (κ2) is 10.1. The van der Waals surface area contributed by atoms with Gasteiger partial charge in [-0.25, -0.2) is 4.98 Å². The van der Waals surface area contributed by atoms with Crippen molar-refractivity contribution in [3.8, 4) is 5.75 Å². The van der Waals surface area contributed by atoms with Gasteiger partial charge in [0.05, 0.1) is 19.9 Å². The number of hydrogen-bond acceptors (Lipinski definition) is 8. The first-order chi connectivity index (χ1) is 17.0. The zero-order valence-electron chi connectivity index (χ0n) is 20.5. The second-order valence-corrected chi connectivity index (χ2v) is 9.57. The van der Waals surface area contributed by atoms with Gasteiger partial charge < -0.3 is 20.7 Å². The average molecular weight is 479 g/mol. The van der Waals surface area contributed by atoms with Gasteiger partial charge in [0.1, 0.15) is 16.8 Å². The highest BCUT2D eigenvalue weighted by molar-refractivity contribution is 5.86. The number of ether oxygens (including phenoxy) is 1. The number of fused-ring (bicyclic) bond motifs is 1. The Bertz CT molecular complexity index is 1200. The fourth-order valence-electron chi connectivity index (χ4n) is 4.86. The van der Waals surface area contributed by atoms with Crippen LogP contribution in [0.5, 0.6) is 5.75 Å². The van der Waals surface area contributed by atoms with E-state index in [0.29, 0.717) is 12.5 Å². The molecule has 0 unspecified atom stereocenters. The van der Waals surface area contributed by atoms with Crippen molar-refractivity contribution in [3.05, 3.63) is 35.5 Å². The number of rotatable bonds is 8. The molecular weight excluding hydrogens is 444 g/mol. The van der Waals surface area contributed by atoms with Crippen molar-refractivity contribution in [2.75, 3.05) is 50.9 Å². The number of carbonyl (C=O) groups excluding carboxylic acids is 1. The molecule has 0 spiro atoms. The van der Waals surface area contributed by atoms with E-state index < -0.39 is 0 Å². The molecule has 10 nitrogen and oxygen atoms in total. The van der Waals surface area contributed by atoms with Gasteiger partial charge in [0.2, 0.25) is 11.9 Å². The summed E-state index contributed by atoms with van der Waals surface area (Å²) in [5.74, 6) is 2.65. The molecule has 186 valence electrons. The first kappa shape index (κ1) is 23.3. The Morgan fingerprint density at radius 2 is 1.97 bits per heavy atom. The van der Waals surface area contributed by atoms with Gasteiger partial charge in [-0.2, -0.15) is 10.1 Å². The molecule has 1 aliphatic heterocycles. The van der Waals surface area contributed by atoms with Crippen molar-refractivity contribution in [2.24, 2.45) is 5.92 Å². The number of benzene rings is 1. The van der Waals surface area contributed by atoms with Gasteiger partial charge in [-0.05, 0) is 30.4 Å². The third-order valence-electron chi connectivity index (χ3n) is 7.18. The lowest BCUT2D eigenvalue weighted by Gasteiger charge is -2.34. The maximum Gasteiger partial charge on any atom is 0.222 e. The van der Waals surface area contributed by atoms with Crippen LogP contribution >= 0.6 is 0 Å². The Morgan fingerprint density at radius 1 is 1.17 bits per heavy atom. The molecule has 10 heteroatoms. The van der Waals surface area contributed by atoms with E-state index in [0.717, 1.165) is 67.4 Å². The van der Waals surface area contributed by atoms with E-state index in [9.17, 15) is 4.79 Å². The van der Waals surface area contributed by atoms with Gasteiger partial charge in [0, 0.05) is 51.8 Å². The number of aromatic nitrogens is 4. The van der Waals surface area contributed by atoms with Gasteiger partial charge in [-0.3, -0.25) is 14.4 Å². The third-order valence-corrected chi connectivity index (χ3v) is 7.18. The highest BCUT2D eigenvalue weighted by atomic mass is 16.5. The monoisotopic (exact) mass is 478 g/mol. The van der Waals surface area contributed by atoms with Gasteiger partial charge in [0.15, 0.2) is 5.82 Å². The normalized spacial score (nSPS) is 16.9. The Balaban J connectivity index is 1.32. The number of carbonyl (C=O) groups is 1. The minimum atomic E-state index is 0.149. The quantitative estimate of drug-likeness (QED) is 0.507. The lowest BCUT2D eigenvalue weighted by atomic mass is 9.85. The number of methoxy groups -OCH3 is 1. The summed E-state index contributed by atoms with van der Waals surface area (Å²) < 4.78 is 7.67. The summed E-state index contributed by atoms with van der Waals surface area (Å²) >= 11 is 0. The molecule has 1 amide bonds. The summed E-state index contributed by atoms with van der Waals surface area (Å²) in [5, 5.41) is 8.07. The molecule has 3 aromatic rings. The van der Waals surface area contributed by atoms with Crippen molar-refractivity contribution in [2.45, 2.75) is 39.3 Å². The number of nitrogens with zero attached hydrogens (tertiary/aromatic N) is 6. The van der Waals surface area contributed by atoms with Crippen LogP contribution in [0.3, 0.4) is 0 Å². The lowest BCUT2D eigenvalue weighted by Crippen LogP contribution is -2.47. The standard InChI is InChI=1S/C25H34N8O2/c1-17(34)32-10-8-31(9-11-32)15-19-6-7-20(22(12-19)35-2)16-33-23-21(14-28-33)29-25(26)30-24(23)27-13-18-4-3-5-18/h6-7,12,14,18H,3-5,8-11,13,15-16H2,1-2H3,(H3,26,27,29,30). The molecule has 3 N–H and O–H groups in total. The van der Waals surface area contributed by atoms with Crippen molar-refractivity contribution >= 4 is 28.7 Å². The summed E-state index contributed by atoms with van der Waals surface area (Å²) in [6.07, 6.45) is 5.55. The smallest absolute Gasteiger partial charge is 0.222 e. The highest BCUT2D eigenvalue weighted by Gasteiger charge is 2.21. The van der Waals surface area contributed by atoms with Gasteiger partial charge in [0.25, 0.3) is 0 Å². The third kappa shape index (κ3) is 5.17. The molecule has 3 heterocycles. The first-order valence-electron chi connectivity index (χ1n) is 12.4. The number of piperazine rings is 1. The second-order valence-electron chi connectivity index (χ2n) is 9.57. The Morgan fingerprint density at radius 3 is 2.66 bits per heavy atom. The van der Waals surface area contributed by atoms with E-state index in [1.165, 1.54) is 24.8 Å². The molecule has 0 bridgehead atoms. The van der Waals surface area contributed by atoms with Crippen LogP contribution in [0.4, 0.5) is 11.8 Å². The predicted octanol–water partition coefficient (Wildman–Crippen LogP) is 2.34. The fraction of sp³-hybridized carbons (Fsp3) is 0.520. The van der Waals surface area contributed by atoms with Crippen LogP contribution < -0.4 is 15.8 Å². The molecule has 5 rings (SSSR count). The molecule has 2 fully saturated rings.